The number of hydrogen-bond donors (Lipinski definition) is 0. The number of alkyl halides is 3. The van der Waals surface area contributed by atoms with E-state index in [1.165, 1.54) is 25.0 Å². The minimum absolute atomic E-state index is 0.274. The average molecular weight is 323 g/mol. The maximum atomic E-state index is 12.4. The SMILES string of the molecule is FC(F)(F)Cc1ccc(-c2nccn2CCN2CCCC2)cc1. The van der Waals surface area contributed by atoms with Gasteiger partial charge >= 0.3 is 6.18 Å². The largest absolute Gasteiger partial charge is 0.393 e. The molecule has 1 aromatic carbocycles. The molecular weight excluding hydrogens is 303 g/mol. The van der Waals surface area contributed by atoms with Crippen molar-refractivity contribution >= 4 is 0 Å². The molecule has 3 rings (SSSR count). The monoisotopic (exact) mass is 323 g/mol. The Kier molecular flexibility index (Phi) is 4.71. The van der Waals surface area contributed by atoms with Gasteiger partial charge in [-0.1, -0.05) is 24.3 Å². The van der Waals surface area contributed by atoms with Gasteiger partial charge in [0.05, 0.1) is 6.42 Å². The normalized spacial score (nSPS) is 16.1. The van der Waals surface area contributed by atoms with Crippen LogP contribution in [0.4, 0.5) is 13.2 Å². The van der Waals surface area contributed by atoms with Gasteiger partial charge in [0.2, 0.25) is 0 Å². The maximum absolute atomic E-state index is 12.4. The topological polar surface area (TPSA) is 21.1 Å². The molecule has 0 spiro atoms. The number of rotatable bonds is 5. The molecule has 0 unspecified atom stereocenters. The molecule has 0 amide bonds. The maximum Gasteiger partial charge on any atom is 0.393 e. The second-order valence-corrected chi connectivity index (χ2v) is 5.98. The zero-order chi connectivity index (χ0) is 16.3. The highest BCUT2D eigenvalue weighted by Crippen LogP contribution is 2.24. The molecule has 6 heteroatoms. The van der Waals surface area contributed by atoms with Crippen molar-refractivity contribution in [3.8, 4) is 11.4 Å². The predicted molar refractivity (Wildman–Crippen MR) is 83.1 cm³/mol. The highest BCUT2D eigenvalue weighted by atomic mass is 19.4. The Bertz CT molecular complexity index is 625. The Labute approximate surface area is 133 Å². The fourth-order valence-corrected chi connectivity index (χ4v) is 3.01. The van der Waals surface area contributed by atoms with Crippen LogP contribution < -0.4 is 0 Å². The summed E-state index contributed by atoms with van der Waals surface area (Å²) in [6.07, 6.45) is 1.12. The number of benzene rings is 1. The summed E-state index contributed by atoms with van der Waals surface area (Å²) in [7, 11) is 0. The van der Waals surface area contributed by atoms with E-state index in [0.717, 1.165) is 37.6 Å². The van der Waals surface area contributed by atoms with Crippen LogP contribution in [0.5, 0.6) is 0 Å². The molecule has 23 heavy (non-hydrogen) atoms. The van der Waals surface area contributed by atoms with E-state index < -0.39 is 12.6 Å². The van der Waals surface area contributed by atoms with E-state index in [0.29, 0.717) is 0 Å². The van der Waals surface area contributed by atoms with Crippen molar-refractivity contribution in [1.82, 2.24) is 14.5 Å². The van der Waals surface area contributed by atoms with E-state index in [1.54, 1.807) is 18.3 Å². The van der Waals surface area contributed by atoms with Gasteiger partial charge in [-0.15, -0.1) is 0 Å². The summed E-state index contributed by atoms with van der Waals surface area (Å²) in [4.78, 5) is 6.78. The van der Waals surface area contributed by atoms with Crippen LogP contribution in [0.25, 0.3) is 11.4 Å². The first-order valence-electron chi connectivity index (χ1n) is 7.91. The van der Waals surface area contributed by atoms with Crippen molar-refractivity contribution in [2.45, 2.75) is 32.0 Å². The van der Waals surface area contributed by atoms with Crippen LogP contribution in [0.15, 0.2) is 36.7 Å². The highest BCUT2D eigenvalue weighted by Gasteiger charge is 2.27. The lowest BCUT2D eigenvalue weighted by molar-refractivity contribution is -0.127. The van der Waals surface area contributed by atoms with Gasteiger partial charge in [0.1, 0.15) is 5.82 Å². The molecule has 3 nitrogen and oxygen atoms in total. The summed E-state index contributed by atoms with van der Waals surface area (Å²) >= 11 is 0. The average Bonchev–Trinajstić information content (AvgIpc) is 3.15. The fraction of sp³-hybridized carbons (Fsp3) is 0.471. The summed E-state index contributed by atoms with van der Waals surface area (Å²) in [5.74, 6) is 0.808. The first kappa shape index (κ1) is 16.1. The van der Waals surface area contributed by atoms with Crippen LogP contribution >= 0.6 is 0 Å². The Balaban J connectivity index is 1.68. The van der Waals surface area contributed by atoms with E-state index in [-0.39, 0.29) is 5.56 Å². The molecule has 1 aromatic heterocycles. The van der Waals surface area contributed by atoms with Gasteiger partial charge in [-0.25, -0.2) is 4.98 Å². The molecule has 0 N–H and O–H groups in total. The van der Waals surface area contributed by atoms with E-state index in [4.69, 9.17) is 0 Å². The van der Waals surface area contributed by atoms with Crippen LogP contribution in [-0.4, -0.2) is 40.3 Å². The van der Waals surface area contributed by atoms with E-state index in [1.807, 2.05) is 6.20 Å². The molecule has 1 aliphatic rings. The number of aromatic nitrogens is 2. The minimum Gasteiger partial charge on any atom is -0.330 e. The zero-order valence-electron chi connectivity index (χ0n) is 12.9. The van der Waals surface area contributed by atoms with Gasteiger partial charge in [-0.05, 0) is 31.5 Å². The van der Waals surface area contributed by atoms with Gasteiger partial charge in [0.15, 0.2) is 0 Å². The molecule has 0 bridgehead atoms. The van der Waals surface area contributed by atoms with Crippen molar-refractivity contribution in [2.24, 2.45) is 0 Å². The van der Waals surface area contributed by atoms with Crippen molar-refractivity contribution in [2.75, 3.05) is 19.6 Å². The molecule has 0 radical (unpaired) electrons. The van der Waals surface area contributed by atoms with Crippen LogP contribution in [-0.2, 0) is 13.0 Å². The van der Waals surface area contributed by atoms with Crippen molar-refractivity contribution in [1.29, 1.82) is 0 Å². The molecule has 2 aromatic rings. The summed E-state index contributed by atoms with van der Waals surface area (Å²) in [5.41, 5.74) is 1.12. The summed E-state index contributed by atoms with van der Waals surface area (Å²) < 4.78 is 39.3. The van der Waals surface area contributed by atoms with Crippen LogP contribution in [0.1, 0.15) is 18.4 Å². The standard InChI is InChI=1S/C17H20F3N3/c18-17(19,20)13-14-3-5-15(6-4-14)16-21-7-10-23(16)12-11-22-8-1-2-9-22/h3-7,10H,1-2,8-9,11-13H2. The predicted octanol–water partition coefficient (Wildman–Crippen LogP) is 3.75. The Hall–Kier alpha value is -1.82. The minimum atomic E-state index is -4.17. The Morgan fingerprint density at radius 1 is 1.00 bits per heavy atom. The lowest BCUT2D eigenvalue weighted by Crippen LogP contribution is -2.24. The molecule has 1 saturated heterocycles. The third-order valence-electron chi connectivity index (χ3n) is 4.19. The first-order chi connectivity index (χ1) is 11.0. The molecule has 0 aliphatic carbocycles. The quantitative estimate of drug-likeness (QED) is 0.835. The zero-order valence-corrected chi connectivity index (χ0v) is 12.9. The summed E-state index contributed by atoms with van der Waals surface area (Å²) in [5, 5.41) is 0. The highest BCUT2D eigenvalue weighted by molar-refractivity contribution is 5.56. The number of hydrogen-bond acceptors (Lipinski definition) is 2. The summed E-state index contributed by atoms with van der Waals surface area (Å²) in [6.45, 7) is 4.13. The Morgan fingerprint density at radius 2 is 1.70 bits per heavy atom. The number of halogens is 3. The van der Waals surface area contributed by atoms with Gasteiger partial charge < -0.3 is 9.47 Å². The van der Waals surface area contributed by atoms with Crippen LogP contribution in [0.3, 0.4) is 0 Å². The van der Waals surface area contributed by atoms with E-state index in [9.17, 15) is 13.2 Å². The lowest BCUT2D eigenvalue weighted by atomic mass is 10.1. The van der Waals surface area contributed by atoms with Gasteiger partial charge in [0, 0.05) is 31.0 Å². The number of likely N-dealkylation sites (tertiary alicyclic amines) is 1. The lowest BCUT2D eigenvalue weighted by Gasteiger charge is -2.16. The second-order valence-electron chi connectivity index (χ2n) is 5.98. The molecule has 1 fully saturated rings. The Morgan fingerprint density at radius 3 is 2.35 bits per heavy atom. The van der Waals surface area contributed by atoms with Gasteiger partial charge in [-0.3, -0.25) is 0 Å². The molecule has 2 heterocycles. The van der Waals surface area contributed by atoms with Gasteiger partial charge in [0.25, 0.3) is 0 Å². The van der Waals surface area contributed by atoms with E-state index >= 15 is 0 Å². The first-order valence-corrected chi connectivity index (χ1v) is 7.91. The molecule has 0 saturated carbocycles. The van der Waals surface area contributed by atoms with Gasteiger partial charge in [-0.2, -0.15) is 13.2 Å². The van der Waals surface area contributed by atoms with Crippen molar-refractivity contribution in [3.05, 3.63) is 42.2 Å². The van der Waals surface area contributed by atoms with Crippen molar-refractivity contribution in [3.63, 3.8) is 0 Å². The number of nitrogens with zero attached hydrogens (tertiary/aromatic N) is 3. The molecule has 124 valence electrons. The second kappa shape index (κ2) is 6.74. The van der Waals surface area contributed by atoms with Crippen LogP contribution in [0.2, 0.25) is 0 Å². The number of imidazole rings is 1. The smallest absolute Gasteiger partial charge is 0.330 e. The third kappa shape index (κ3) is 4.34. The molecular formula is C17H20F3N3. The van der Waals surface area contributed by atoms with Crippen LogP contribution in [0, 0.1) is 0 Å². The van der Waals surface area contributed by atoms with Crippen molar-refractivity contribution < 1.29 is 13.2 Å². The third-order valence-corrected chi connectivity index (χ3v) is 4.19. The molecule has 1 aliphatic heterocycles. The van der Waals surface area contributed by atoms with E-state index in [2.05, 4.69) is 14.5 Å². The summed E-state index contributed by atoms with van der Waals surface area (Å²) in [6, 6.07) is 6.50. The molecule has 0 atom stereocenters. The fourth-order valence-electron chi connectivity index (χ4n) is 3.01.